The van der Waals surface area contributed by atoms with E-state index in [1.165, 1.54) is 4.31 Å². The molecule has 1 aromatic rings. The van der Waals surface area contributed by atoms with Crippen LogP contribution in [0.5, 0.6) is 0 Å². The zero-order valence-corrected chi connectivity index (χ0v) is 18.8. The lowest BCUT2D eigenvalue weighted by Gasteiger charge is -2.34. The minimum atomic E-state index is -3.54. The van der Waals surface area contributed by atoms with E-state index in [4.69, 9.17) is 0 Å². The third-order valence-corrected chi connectivity index (χ3v) is 8.04. The summed E-state index contributed by atoms with van der Waals surface area (Å²) >= 11 is 0. The summed E-state index contributed by atoms with van der Waals surface area (Å²) in [4.78, 5) is 27.6. The van der Waals surface area contributed by atoms with E-state index in [9.17, 15) is 18.0 Å². The standard InChI is InChI=1S/C22H33N3O4S/c1-3-4-13-23-21(26)20-6-5-14-25(20)22(27)18-11-15-24(16-12-18)30(28,29)19-9-7-17(2)8-10-19/h7-10,18,20H,3-6,11-16H2,1-2H3,(H,23,26)/t20-/m0/s1. The van der Waals surface area contributed by atoms with Crippen molar-refractivity contribution < 1.29 is 18.0 Å². The second-order valence-electron chi connectivity index (χ2n) is 8.33. The highest BCUT2D eigenvalue weighted by Crippen LogP contribution is 2.28. The van der Waals surface area contributed by atoms with Gasteiger partial charge in [0, 0.05) is 32.1 Å². The molecular weight excluding hydrogens is 402 g/mol. The molecule has 1 aromatic carbocycles. The van der Waals surface area contributed by atoms with Crippen LogP contribution in [-0.4, -0.2) is 61.7 Å². The lowest BCUT2D eigenvalue weighted by Crippen LogP contribution is -2.50. The summed E-state index contributed by atoms with van der Waals surface area (Å²) in [6, 6.07) is 6.47. The van der Waals surface area contributed by atoms with E-state index in [2.05, 4.69) is 12.2 Å². The molecule has 2 heterocycles. The van der Waals surface area contributed by atoms with Gasteiger partial charge in [-0.25, -0.2) is 8.42 Å². The maximum Gasteiger partial charge on any atom is 0.243 e. The maximum atomic E-state index is 13.1. The van der Waals surface area contributed by atoms with E-state index < -0.39 is 10.0 Å². The Bertz CT molecular complexity index is 846. The molecule has 0 saturated carbocycles. The summed E-state index contributed by atoms with van der Waals surface area (Å²) < 4.78 is 27.2. The van der Waals surface area contributed by atoms with Crippen LogP contribution in [0.1, 0.15) is 51.0 Å². The van der Waals surface area contributed by atoms with Crippen molar-refractivity contribution in [1.29, 1.82) is 0 Å². The molecule has 0 spiro atoms. The summed E-state index contributed by atoms with van der Waals surface area (Å²) in [6.07, 6.45) is 4.45. The molecule has 30 heavy (non-hydrogen) atoms. The van der Waals surface area contributed by atoms with E-state index in [-0.39, 0.29) is 23.8 Å². The van der Waals surface area contributed by atoms with Crippen LogP contribution in [0.2, 0.25) is 0 Å². The van der Waals surface area contributed by atoms with E-state index in [1.807, 2.05) is 6.92 Å². The number of hydrogen-bond acceptors (Lipinski definition) is 4. The molecule has 3 rings (SSSR count). The Balaban J connectivity index is 1.58. The summed E-state index contributed by atoms with van der Waals surface area (Å²) in [6.45, 7) is 5.89. The molecule has 1 N–H and O–H groups in total. The molecule has 0 bridgehead atoms. The average molecular weight is 436 g/mol. The monoisotopic (exact) mass is 435 g/mol. The van der Waals surface area contributed by atoms with Crippen LogP contribution in [0.3, 0.4) is 0 Å². The third kappa shape index (κ3) is 5.03. The molecule has 7 nitrogen and oxygen atoms in total. The van der Waals surface area contributed by atoms with Crippen LogP contribution in [0.4, 0.5) is 0 Å². The number of nitrogens with zero attached hydrogens (tertiary/aromatic N) is 2. The van der Waals surface area contributed by atoms with Gasteiger partial charge in [0.25, 0.3) is 0 Å². The van der Waals surface area contributed by atoms with Gasteiger partial charge in [-0.2, -0.15) is 4.31 Å². The summed E-state index contributed by atoms with van der Waals surface area (Å²) in [5.74, 6) is -0.289. The molecule has 1 atom stereocenters. The number of amides is 2. The highest BCUT2D eigenvalue weighted by molar-refractivity contribution is 7.89. The predicted octanol–water partition coefficient (Wildman–Crippen LogP) is 2.30. The molecular formula is C22H33N3O4S. The van der Waals surface area contributed by atoms with E-state index in [0.717, 1.165) is 24.8 Å². The molecule has 0 radical (unpaired) electrons. The topological polar surface area (TPSA) is 86.8 Å². The Hall–Kier alpha value is -1.93. The van der Waals surface area contributed by atoms with Crippen LogP contribution in [0.25, 0.3) is 0 Å². The number of rotatable bonds is 7. The molecule has 2 saturated heterocycles. The summed E-state index contributed by atoms with van der Waals surface area (Å²) in [5, 5.41) is 2.94. The van der Waals surface area contributed by atoms with Crippen LogP contribution >= 0.6 is 0 Å². The van der Waals surface area contributed by atoms with Crippen molar-refractivity contribution in [3.05, 3.63) is 29.8 Å². The zero-order valence-electron chi connectivity index (χ0n) is 18.0. The van der Waals surface area contributed by atoms with Crippen LogP contribution < -0.4 is 5.32 Å². The number of carbonyl (C=O) groups is 2. The third-order valence-electron chi connectivity index (χ3n) is 6.13. The number of aryl methyl sites for hydroxylation is 1. The van der Waals surface area contributed by atoms with Crippen molar-refractivity contribution >= 4 is 21.8 Å². The normalized spacial score (nSPS) is 21.0. The quantitative estimate of drug-likeness (QED) is 0.666. The molecule has 0 unspecified atom stereocenters. The molecule has 0 aliphatic carbocycles. The fourth-order valence-corrected chi connectivity index (χ4v) is 5.72. The van der Waals surface area contributed by atoms with Gasteiger partial charge in [0.2, 0.25) is 21.8 Å². The maximum absolute atomic E-state index is 13.1. The minimum Gasteiger partial charge on any atom is -0.354 e. The van der Waals surface area contributed by atoms with Gasteiger partial charge in [-0.1, -0.05) is 31.0 Å². The van der Waals surface area contributed by atoms with Crippen molar-refractivity contribution in [2.75, 3.05) is 26.2 Å². The minimum absolute atomic E-state index is 0.00414. The van der Waals surface area contributed by atoms with E-state index in [1.54, 1.807) is 29.2 Å². The number of benzene rings is 1. The Kier molecular flexibility index (Phi) is 7.52. The van der Waals surface area contributed by atoms with Gasteiger partial charge < -0.3 is 10.2 Å². The predicted molar refractivity (Wildman–Crippen MR) is 115 cm³/mol. The Morgan fingerprint density at radius 3 is 2.37 bits per heavy atom. The van der Waals surface area contributed by atoms with Gasteiger partial charge in [0.05, 0.1) is 4.90 Å². The van der Waals surface area contributed by atoms with Crippen LogP contribution in [0.15, 0.2) is 29.2 Å². The lowest BCUT2D eigenvalue weighted by atomic mass is 9.96. The van der Waals surface area contributed by atoms with E-state index in [0.29, 0.717) is 50.3 Å². The van der Waals surface area contributed by atoms with Crippen LogP contribution in [-0.2, 0) is 19.6 Å². The van der Waals surface area contributed by atoms with Crippen LogP contribution in [0, 0.1) is 12.8 Å². The summed E-state index contributed by atoms with van der Waals surface area (Å²) in [7, 11) is -3.54. The number of carbonyl (C=O) groups excluding carboxylic acids is 2. The first-order valence-electron chi connectivity index (χ1n) is 11.0. The highest BCUT2D eigenvalue weighted by Gasteiger charge is 2.39. The van der Waals surface area contributed by atoms with Crippen molar-refractivity contribution in [1.82, 2.24) is 14.5 Å². The number of nitrogens with one attached hydrogen (secondary N) is 1. The van der Waals surface area contributed by atoms with Gasteiger partial charge in [0.15, 0.2) is 0 Å². The molecule has 2 fully saturated rings. The molecule has 166 valence electrons. The number of piperidine rings is 1. The van der Waals surface area contributed by atoms with Gasteiger partial charge in [-0.3, -0.25) is 9.59 Å². The second-order valence-corrected chi connectivity index (χ2v) is 10.3. The lowest BCUT2D eigenvalue weighted by molar-refractivity contribution is -0.142. The fraction of sp³-hybridized carbons (Fsp3) is 0.636. The first-order valence-corrected chi connectivity index (χ1v) is 12.4. The number of sulfonamides is 1. The fourth-order valence-electron chi connectivity index (χ4n) is 4.25. The molecule has 8 heteroatoms. The van der Waals surface area contributed by atoms with Gasteiger partial charge in [-0.05, 0) is 51.2 Å². The average Bonchev–Trinajstić information content (AvgIpc) is 3.24. The first kappa shape index (κ1) is 22.7. The second kappa shape index (κ2) is 9.92. The smallest absolute Gasteiger partial charge is 0.243 e. The highest BCUT2D eigenvalue weighted by atomic mass is 32.2. The van der Waals surface area contributed by atoms with Gasteiger partial charge >= 0.3 is 0 Å². The molecule has 0 aromatic heterocycles. The van der Waals surface area contributed by atoms with Crippen molar-refractivity contribution in [2.45, 2.75) is 63.3 Å². The van der Waals surface area contributed by atoms with Crippen molar-refractivity contribution in [3.8, 4) is 0 Å². The number of hydrogen-bond donors (Lipinski definition) is 1. The Morgan fingerprint density at radius 1 is 1.07 bits per heavy atom. The summed E-state index contributed by atoms with van der Waals surface area (Å²) in [5.41, 5.74) is 1.01. The largest absolute Gasteiger partial charge is 0.354 e. The number of unbranched alkanes of at least 4 members (excludes halogenated alkanes) is 1. The zero-order chi connectivity index (χ0) is 21.7. The molecule has 2 aliphatic heterocycles. The number of likely N-dealkylation sites (tertiary alicyclic amines) is 1. The molecule has 2 aliphatic rings. The van der Waals surface area contributed by atoms with Gasteiger partial charge in [0.1, 0.15) is 6.04 Å². The van der Waals surface area contributed by atoms with E-state index >= 15 is 0 Å². The Labute approximate surface area is 179 Å². The van der Waals surface area contributed by atoms with Gasteiger partial charge in [-0.15, -0.1) is 0 Å². The van der Waals surface area contributed by atoms with Crippen molar-refractivity contribution in [2.24, 2.45) is 5.92 Å². The first-order chi connectivity index (χ1) is 14.3. The Morgan fingerprint density at radius 2 is 1.73 bits per heavy atom. The SMILES string of the molecule is CCCCNC(=O)[C@@H]1CCCN1C(=O)C1CCN(S(=O)(=O)c2ccc(C)cc2)CC1. The molecule has 2 amide bonds. The van der Waals surface area contributed by atoms with Crippen molar-refractivity contribution in [3.63, 3.8) is 0 Å².